The van der Waals surface area contributed by atoms with Gasteiger partial charge in [-0.25, -0.2) is 4.98 Å². The third-order valence-electron chi connectivity index (χ3n) is 2.04. The van der Waals surface area contributed by atoms with E-state index >= 15 is 0 Å². The van der Waals surface area contributed by atoms with Gasteiger partial charge in [-0.05, 0) is 6.92 Å². The second kappa shape index (κ2) is 4.84. The van der Waals surface area contributed by atoms with Crippen LogP contribution >= 0.6 is 0 Å². The summed E-state index contributed by atoms with van der Waals surface area (Å²) in [5, 5.41) is 9.62. The smallest absolute Gasteiger partial charge is 0.257 e. The molecule has 0 radical (unpaired) electrons. The number of aliphatic hydroxyl groups excluding tert-OH is 1. The number of rotatable bonds is 4. The molecule has 0 aliphatic heterocycles. The molecule has 0 amide bonds. The Labute approximate surface area is 88.6 Å². The number of ether oxygens (including phenoxy) is 3. The summed E-state index contributed by atoms with van der Waals surface area (Å²) in [5.41, 5.74) is 0.534. The Hall–Kier alpha value is -1.49. The first-order chi connectivity index (χ1) is 7.15. The molecule has 1 N–H and O–H groups in total. The minimum Gasteiger partial charge on any atom is -0.495 e. The van der Waals surface area contributed by atoms with Gasteiger partial charge in [-0.1, -0.05) is 0 Å². The standard InChI is InChI=1S/C10H15NO4/c1-6(12)8-7(13-2)5-11-10(15-4)9(8)14-3/h5-6,12H,1-4H3. The van der Waals surface area contributed by atoms with Gasteiger partial charge in [0.1, 0.15) is 5.75 Å². The number of aliphatic hydroxyl groups is 1. The summed E-state index contributed by atoms with van der Waals surface area (Å²) >= 11 is 0. The average Bonchev–Trinajstić information content (AvgIpc) is 2.26. The molecule has 1 atom stereocenters. The Balaban J connectivity index is 3.37. The first-order valence-corrected chi connectivity index (χ1v) is 4.48. The third kappa shape index (κ3) is 2.12. The van der Waals surface area contributed by atoms with Crippen LogP contribution in [-0.2, 0) is 0 Å². The van der Waals surface area contributed by atoms with Gasteiger partial charge in [-0.15, -0.1) is 0 Å². The molecule has 0 aliphatic rings. The average molecular weight is 213 g/mol. The fourth-order valence-electron chi connectivity index (χ4n) is 1.37. The Kier molecular flexibility index (Phi) is 3.74. The highest BCUT2D eigenvalue weighted by molar-refractivity contribution is 5.50. The van der Waals surface area contributed by atoms with Crippen LogP contribution in [0.4, 0.5) is 0 Å². The van der Waals surface area contributed by atoms with E-state index in [2.05, 4.69) is 4.98 Å². The first kappa shape index (κ1) is 11.6. The van der Waals surface area contributed by atoms with Gasteiger partial charge in [0.05, 0.1) is 39.2 Å². The summed E-state index contributed by atoms with van der Waals surface area (Å²) in [6.07, 6.45) is 0.774. The van der Waals surface area contributed by atoms with Crippen molar-refractivity contribution in [2.75, 3.05) is 21.3 Å². The van der Waals surface area contributed by atoms with Gasteiger partial charge < -0.3 is 19.3 Å². The highest BCUT2D eigenvalue weighted by Crippen LogP contribution is 2.38. The molecule has 1 aromatic rings. The van der Waals surface area contributed by atoms with Crippen molar-refractivity contribution < 1.29 is 19.3 Å². The van der Waals surface area contributed by atoms with Crippen LogP contribution in [0.25, 0.3) is 0 Å². The second-order valence-corrected chi connectivity index (χ2v) is 2.96. The molecular weight excluding hydrogens is 198 g/mol. The van der Waals surface area contributed by atoms with Crippen LogP contribution < -0.4 is 14.2 Å². The van der Waals surface area contributed by atoms with Gasteiger partial charge in [0.15, 0.2) is 5.75 Å². The molecule has 1 aromatic heterocycles. The molecule has 84 valence electrons. The molecule has 0 saturated heterocycles. The predicted octanol–water partition coefficient (Wildman–Crippen LogP) is 1.16. The number of methoxy groups -OCH3 is 3. The van der Waals surface area contributed by atoms with Gasteiger partial charge in [0.2, 0.25) is 0 Å². The molecule has 0 fully saturated rings. The summed E-state index contributed by atoms with van der Waals surface area (Å²) in [4.78, 5) is 4.00. The zero-order valence-corrected chi connectivity index (χ0v) is 9.27. The van der Waals surface area contributed by atoms with Crippen molar-refractivity contribution in [3.63, 3.8) is 0 Å². The SMILES string of the molecule is COc1cnc(OC)c(OC)c1C(C)O. The molecule has 1 heterocycles. The molecule has 1 rings (SSSR count). The first-order valence-electron chi connectivity index (χ1n) is 4.48. The van der Waals surface area contributed by atoms with Crippen molar-refractivity contribution in [2.24, 2.45) is 0 Å². The maximum absolute atomic E-state index is 9.62. The van der Waals surface area contributed by atoms with Crippen LogP contribution in [-0.4, -0.2) is 31.4 Å². The Bertz CT molecular complexity index is 338. The summed E-state index contributed by atoms with van der Waals surface area (Å²) in [5.74, 6) is 1.20. The summed E-state index contributed by atoms with van der Waals surface area (Å²) in [7, 11) is 4.49. The zero-order valence-electron chi connectivity index (χ0n) is 9.27. The molecule has 0 aliphatic carbocycles. The third-order valence-corrected chi connectivity index (χ3v) is 2.04. The van der Waals surface area contributed by atoms with E-state index in [1.807, 2.05) is 0 Å². The normalized spacial score (nSPS) is 12.1. The molecule has 5 nitrogen and oxygen atoms in total. The van der Waals surface area contributed by atoms with Crippen LogP contribution in [0, 0.1) is 0 Å². The van der Waals surface area contributed by atoms with Crippen LogP contribution in [0.15, 0.2) is 6.20 Å². The van der Waals surface area contributed by atoms with Gasteiger partial charge in [-0.2, -0.15) is 0 Å². The molecule has 0 bridgehead atoms. The molecule has 0 spiro atoms. The van der Waals surface area contributed by atoms with Crippen molar-refractivity contribution >= 4 is 0 Å². The monoisotopic (exact) mass is 213 g/mol. The minimum absolute atomic E-state index is 0.328. The molecular formula is C10H15NO4. The van der Waals surface area contributed by atoms with E-state index in [-0.39, 0.29) is 0 Å². The lowest BCUT2D eigenvalue weighted by atomic mass is 10.1. The second-order valence-electron chi connectivity index (χ2n) is 2.96. The lowest BCUT2D eigenvalue weighted by Gasteiger charge is -2.16. The van der Waals surface area contributed by atoms with E-state index < -0.39 is 6.10 Å². The quantitative estimate of drug-likeness (QED) is 0.813. The number of hydrogen-bond acceptors (Lipinski definition) is 5. The predicted molar refractivity (Wildman–Crippen MR) is 54.5 cm³/mol. The number of pyridine rings is 1. The number of aromatic nitrogens is 1. The Morgan fingerprint density at radius 1 is 1.20 bits per heavy atom. The van der Waals surface area contributed by atoms with Crippen LogP contribution in [0.3, 0.4) is 0 Å². The van der Waals surface area contributed by atoms with E-state index in [0.29, 0.717) is 22.9 Å². The zero-order chi connectivity index (χ0) is 11.4. The van der Waals surface area contributed by atoms with E-state index in [4.69, 9.17) is 14.2 Å². The van der Waals surface area contributed by atoms with Gasteiger partial charge >= 0.3 is 0 Å². The lowest BCUT2D eigenvalue weighted by molar-refractivity contribution is 0.186. The van der Waals surface area contributed by atoms with Crippen LogP contribution in [0.5, 0.6) is 17.4 Å². The summed E-state index contributed by atoms with van der Waals surface area (Å²) in [6, 6.07) is 0. The van der Waals surface area contributed by atoms with Gasteiger partial charge in [-0.3, -0.25) is 0 Å². The Morgan fingerprint density at radius 2 is 1.87 bits per heavy atom. The maximum atomic E-state index is 9.62. The number of hydrogen-bond donors (Lipinski definition) is 1. The van der Waals surface area contributed by atoms with Crippen LogP contribution in [0.1, 0.15) is 18.6 Å². The topological polar surface area (TPSA) is 60.8 Å². The van der Waals surface area contributed by atoms with Crippen LogP contribution in [0.2, 0.25) is 0 Å². The largest absolute Gasteiger partial charge is 0.495 e. The van der Waals surface area contributed by atoms with Crippen molar-refractivity contribution in [2.45, 2.75) is 13.0 Å². The van der Waals surface area contributed by atoms with E-state index in [9.17, 15) is 5.11 Å². The van der Waals surface area contributed by atoms with Crippen molar-refractivity contribution in [1.29, 1.82) is 0 Å². The van der Waals surface area contributed by atoms with E-state index in [0.717, 1.165) is 0 Å². The lowest BCUT2D eigenvalue weighted by Crippen LogP contribution is -2.04. The molecule has 0 saturated carbocycles. The van der Waals surface area contributed by atoms with Crippen molar-refractivity contribution in [3.8, 4) is 17.4 Å². The summed E-state index contributed by atoms with van der Waals surface area (Å²) < 4.78 is 15.3. The van der Waals surface area contributed by atoms with Gasteiger partial charge in [0, 0.05) is 0 Å². The van der Waals surface area contributed by atoms with Crippen molar-refractivity contribution in [1.82, 2.24) is 4.98 Å². The van der Waals surface area contributed by atoms with E-state index in [1.54, 1.807) is 6.92 Å². The highest BCUT2D eigenvalue weighted by Gasteiger charge is 2.20. The fourth-order valence-corrected chi connectivity index (χ4v) is 1.37. The van der Waals surface area contributed by atoms with E-state index in [1.165, 1.54) is 27.5 Å². The van der Waals surface area contributed by atoms with Crippen molar-refractivity contribution in [3.05, 3.63) is 11.8 Å². The Morgan fingerprint density at radius 3 is 2.27 bits per heavy atom. The molecule has 15 heavy (non-hydrogen) atoms. The summed E-state index contributed by atoms with van der Waals surface area (Å²) in [6.45, 7) is 1.62. The highest BCUT2D eigenvalue weighted by atomic mass is 16.5. The number of nitrogens with zero attached hydrogens (tertiary/aromatic N) is 1. The van der Waals surface area contributed by atoms with Gasteiger partial charge in [0.25, 0.3) is 5.88 Å². The molecule has 1 unspecified atom stereocenters. The fraction of sp³-hybridized carbons (Fsp3) is 0.500. The minimum atomic E-state index is -0.716. The maximum Gasteiger partial charge on any atom is 0.257 e. The molecule has 0 aromatic carbocycles. The molecule has 5 heteroatoms.